The summed E-state index contributed by atoms with van der Waals surface area (Å²) in [6.07, 6.45) is -1.47. The molecule has 0 fully saturated rings. The minimum Gasteiger partial charge on any atom is -0.482 e. The zero-order valence-corrected chi connectivity index (χ0v) is 10.8. The Kier molecular flexibility index (Phi) is 5.50. The van der Waals surface area contributed by atoms with E-state index in [-0.39, 0.29) is 0 Å². The van der Waals surface area contributed by atoms with Crippen LogP contribution >= 0.6 is 0 Å². The molecule has 5 heteroatoms. The molecule has 0 aliphatic carbocycles. The van der Waals surface area contributed by atoms with Crippen molar-refractivity contribution in [3.63, 3.8) is 0 Å². The Morgan fingerprint density at radius 1 is 1.28 bits per heavy atom. The molecule has 0 spiro atoms. The van der Waals surface area contributed by atoms with Crippen LogP contribution in [0.25, 0.3) is 0 Å². The van der Waals surface area contributed by atoms with Gasteiger partial charge in [0.1, 0.15) is 6.10 Å². The van der Waals surface area contributed by atoms with Gasteiger partial charge in [-0.3, -0.25) is 0 Å². The fourth-order valence-corrected chi connectivity index (χ4v) is 1.38. The predicted molar refractivity (Wildman–Crippen MR) is 65.5 cm³/mol. The molecule has 0 aliphatic rings. The number of aliphatic hydroxyl groups excluding tert-OH is 1. The van der Waals surface area contributed by atoms with E-state index in [0.29, 0.717) is 12.1 Å². The van der Waals surface area contributed by atoms with E-state index in [4.69, 9.17) is 4.74 Å². The Balaban J connectivity index is 2.87. The average Bonchev–Trinajstić information content (AvgIpc) is 2.30. The highest BCUT2D eigenvalue weighted by Crippen LogP contribution is 2.25. The number of aliphatic hydroxyl groups is 1. The Morgan fingerprint density at radius 2 is 1.83 bits per heavy atom. The standard InChI is InChI=1S/C13H19F2NO2/c1-4-16-7-10-5-11(14)13(12(15)6-10)18-9(3)8(2)17/h5-6,8-9,16-17H,4,7H2,1-3H3. The minimum atomic E-state index is -0.801. The van der Waals surface area contributed by atoms with Gasteiger partial charge in [-0.2, -0.15) is 0 Å². The molecule has 0 heterocycles. The van der Waals surface area contributed by atoms with Gasteiger partial charge in [0.15, 0.2) is 17.4 Å². The summed E-state index contributed by atoms with van der Waals surface area (Å²) >= 11 is 0. The molecule has 18 heavy (non-hydrogen) atoms. The van der Waals surface area contributed by atoms with Crippen LogP contribution in [-0.4, -0.2) is 23.9 Å². The SMILES string of the molecule is CCNCc1cc(F)c(OC(C)C(C)O)c(F)c1. The Labute approximate surface area is 106 Å². The predicted octanol–water partition coefficient (Wildman–Crippen LogP) is 2.22. The summed E-state index contributed by atoms with van der Waals surface area (Å²) in [5.41, 5.74) is 0.518. The molecule has 0 radical (unpaired) electrons. The maximum absolute atomic E-state index is 13.7. The van der Waals surface area contributed by atoms with Gasteiger partial charge in [-0.05, 0) is 38.1 Å². The van der Waals surface area contributed by atoms with Gasteiger partial charge < -0.3 is 15.2 Å². The molecule has 2 unspecified atom stereocenters. The molecule has 2 N–H and O–H groups in total. The van der Waals surface area contributed by atoms with Crippen LogP contribution in [0.5, 0.6) is 5.75 Å². The lowest BCUT2D eigenvalue weighted by atomic mass is 10.2. The van der Waals surface area contributed by atoms with Crippen molar-refractivity contribution in [1.82, 2.24) is 5.32 Å². The zero-order valence-electron chi connectivity index (χ0n) is 10.8. The van der Waals surface area contributed by atoms with Gasteiger partial charge in [-0.1, -0.05) is 6.92 Å². The third kappa shape index (κ3) is 3.92. The van der Waals surface area contributed by atoms with E-state index in [2.05, 4.69) is 5.32 Å². The first kappa shape index (κ1) is 14.9. The molecule has 0 aromatic heterocycles. The van der Waals surface area contributed by atoms with Crippen LogP contribution in [0.1, 0.15) is 26.3 Å². The van der Waals surface area contributed by atoms with Crippen LogP contribution in [0, 0.1) is 11.6 Å². The fourth-order valence-electron chi connectivity index (χ4n) is 1.38. The number of rotatable bonds is 6. The van der Waals surface area contributed by atoms with Gasteiger partial charge in [0.05, 0.1) is 6.10 Å². The summed E-state index contributed by atoms with van der Waals surface area (Å²) in [5, 5.41) is 12.2. The van der Waals surface area contributed by atoms with E-state index >= 15 is 0 Å². The topological polar surface area (TPSA) is 41.5 Å². The second kappa shape index (κ2) is 6.66. The van der Waals surface area contributed by atoms with E-state index in [0.717, 1.165) is 6.54 Å². The van der Waals surface area contributed by atoms with Gasteiger partial charge in [0, 0.05) is 6.54 Å². The van der Waals surface area contributed by atoms with Crippen molar-refractivity contribution in [2.24, 2.45) is 0 Å². The first-order valence-corrected chi connectivity index (χ1v) is 5.99. The van der Waals surface area contributed by atoms with Crippen molar-refractivity contribution in [1.29, 1.82) is 0 Å². The van der Waals surface area contributed by atoms with E-state index in [9.17, 15) is 13.9 Å². The van der Waals surface area contributed by atoms with Crippen molar-refractivity contribution >= 4 is 0 Å². The van der Waals surface area contributed by atoms with E-state index in [1.807, 2.05) is 6.92 Å². The molecule has 0 saturated heterocycles. The second-order valence-electron chi connectivity index (χ2n) is 4.23. The average molecular weight is 259 g/mol. The summed E-state index contributed by atoms with van der Waals surface area (Å²) in [5.74, 6) is -1.95. The Bertz CT molecular complexity index is 374. The van der Waals surface area contributed by atoms with Crippen LogP contribution in [0.4, 0.5) is 8.78 Å². The molecular weight excluding hydrogens is 240 g/mol. The van der Waals surface area contributed by atoms with Crippen LogP contribution in [0.3, 0.4) is 0 Å². The van der Waals surface area contributed by atoms with E-state index in [1.165, 1.54) is 19.1 Å². The summed E-state index contributed by atoms with van der Waals surface area (Å²) in [6.45, 7) is 6.09. The number of hydrogen-bond acceptors (Lipinski definition) is 3. The number of ether oxygens (including phenoxy) is 1. The molecule has 0 bridgehead atoms. The van der Waals surface area contributed by atoms with Crippen molar-refractivity contribution in [2.75, 3.05) is 6.54 Å². The zero-order chi connectivity index (χ0) is 13.7. The first-order valence-electron chi connectivity index (χ1n) is 5.99. The highest BCUT2D eigenvalue weighted by molar-refractivity contribution is 5.31. The molecule has 0 amide bonds. The van der Waals surface area contributed by atoms with Gasteiger partial charge in [-0.25, -0.2) is 8.78 Å². The van der Waals surface area contributed by atoms with Crippen molar-refractivity contribution in [3.05, 3.63) is 29.3 Å². The maximum Gasteiger partial charge on any atom is 0.191 e. The summed E-state index contributed by atoms with van der Waals surface area (Å²) in [6, 6.07) is 2.46. The van der Waals surface area contributed by atoms with Crippen molar-refractivity contribution in [3.8, 4) is 5.75 Å². The third-order valence-corrected chi connectivity index (χ3v) is 2.62. The molecule has 1 aromatic rings. The van der Waals surface area contributed by atoms with E-state index in [1.54, 1.807) is 6.92 Å². The van der Waals surface area contributed by atoms with Gasteiger partial charge in [0.25, 0.3) is 0 Å². The Hall–Kier alpha value is -1.20. The van der Waals surface area contributed by atoms with Crippen LogP contribution in [0.2, 0.25) is 0 Å². The lowest BCUT2D eigenvalue weighted by Gasteiger charge is -2.18. The highest BCUT2D eigenvalue weighted by Gasteiger charge is 2.18. The molecule has 2 atom stereocenters. The van der Waals surface area contributed by atoms with Gasteiger partial charge >= 0.3 is 0 Å². The largest absolute Gasteiger partial charge is 0.482 e. The van der Waals surface area contributed by atoms with Gasteiger partial charge in [-0.15, -0.1) is 0 Å². The number of halogens is 2. The molecule has 102 valence electrons. The van der Waals surface area contributed by atoms with Crippen LogP contribution < -0.4 is 10.1 Å². The lowest BCUT2D eigenvalue weighted by molar-refractivity contribution is 0.0551. The van der Waals surface area contributed by atoms with E-state index < -0.39 is 29.6 Å². The molecule has 1 rings (SSSR count). The fraction of sp³-hybridized carbons (Fsp3) is 0.538. The number of hydrogen-bond donors (Lipinski definition) is 2. The molecule has 0 saturated carbocycles. The summed E-state index contributed by atoms with van der Waals surface area (Å²) < 4.78 is 32.5. The minimum absolute atomic E-state index is 0.399. The highest BCUT2D eigenvalue weighted by atomic mass is 19.1. The number of nitrogens with one attached hydrogen (secondary N) is 1. The maximum atomic E-state index is 13.7. The monoisotopic (exact) mass is 259 g/mol. The first-order chi connectivity index (χ1) is 8.45. The Morgan fingerprint density at radius 3 is 2.28 bits per heavy atom. The normalized spacial score (nSPS) is 14.3. The van der Waals surface area contributed by atoms with Crippen molar-refractivity contribution < 1.29 is 18.6 Å². The molecular formula is C13H19F2NO2. The molecule has 0 aliphatic heterocycles. The van der Waals surface area contributed by atoms with Gasteiger partial charge in [0.2, 0.25) is 0 Å². The molecule has 3 nitrogen and oxygen atoms in total. The quantitative estimate of drug-likeness (QED) is 0.823. The van der Waals surface area contributed by atoms with Crippen LogP contribution in [-0.2, 0) is 6.54 Å². The number of benzene rings is 1. The summed E-state index contributed by atoms with van der Waals surface area (Å²) in [7, 11) is 0. The lowest BCUT2D eigenvalue weighted by Crippen LogP contribution is -2.26. The third-order valence-electron chi connectivity index (χ3n) is 2.62. The summed E-state index contributed by atoms with van der Waals surface area (Å²) in [4.78, 5) is 0. The second-order valence-corrected chi connectivity index (χ2v) is 4.23. The smallest absolute Gasteiger partial charge is 0.191 e. The van der Waals surface area contributed by atoms with Crippen LogP contribution in [0.15, 0.2) is 12.1 Å². The van der Waals surface area contributed by atoms with Crippen molar-refractivity contribution in [2.45, 2.75) is 39.5 Å². The molecule has 1 aromatic carbocycles.